The molecule has 3 fully saturated rings. The molecule has 2 saturated heterocycles. The number of likely N-dealkylation sites (tertiary alicyclic amines) is 1. The summed E-state index contributed by atoms with van der Waals surface area (Å²) < 4.78 is 5.61. The smallest absolute Gasteiger partial charge is 0.410 e. The molecule has 2 amide bonds. The van der Waals surface area contributed by atoms with E-state index in [2.05, 4.69) is 79.1 Å². The predicted octanol–water partition coefficient (Wildman–Crippen LogP) is 6.68. The van der Waals surface area contributed by atoms with Gasteiger partial charge in [-0.15, -0.1) is 0 Å². The quantitative estimate of drug-likeness (QED) is 0.420. The van der Waals surface area contributed by atoms with Crippen molar-refractivity contribution >= 4 is 12.0 Å². The van der Waals surface area contributed by atoms with Crippen LogP contribution in [0.1, 0.15) is 94.5 Å². The van der Waals surface area contributed by atoms with E-state index in [0.717, 1.165) is 51.9 Å². The molecule has 40 heavy (non-hydrogen) atoms. The number of carbonyl (C=O) groups is 2. The van der Waals surface area contributed by atoms with Gasteiger partial charge in [0.05, 0.1) is 12.6 Å². The average molecular weight is 546 g/mol. The van der Waals surface area contributed by atoms with E-state index in [9.17, 15) is 9.59 Å². The molecule has 216 valence electrons. The molecule has 1 saturated carbocycles. The Morgan fingerprint density at radius 3 is 2.30 bits per heavy atom. The van der Waals surface area contributed by atoms with Crippen LogP contribution in [-0.4, -0.2) is 64.5 Å². The minimum Gasteiger partial charge on any atom is -0.444 e. The lowest BCUT2D eigenvalue weighted by molar-refractivity contribution is -0.153. The first-order chi connectivity index (χ1) is 18.9. The summed E-state index contributed by atoms with van der Waals surface area (Å²) in [4.78, 5) is 32.9. The molecule has 6 heteroatoms. The van der Waals surface area contributed by atoms with Gasteiger partial charge in [0, 0.05) is 32.2 Å². The maximum atomic E-state index is 13.9. The van der Waals surface area contributed by atoms with Gasteiger partial charge in [-0.25, -0.2) is 4.79 Å². The van der Waals surface area contributed by atoms with Gasteiger partial charge < -0.3 is 14.5 Å². The van der Waals surface area contributed by atoms with Crippen LogP contribution >= 0.6 is 0 Å². The standard InChI is InChI=1S/C34H47N3O3/c1-24(2)28-9-7-8-10-29(28)30-22-35(21-26-13-11-25(3)12-14-26)23-31(38)37(30)27-19-34(20-27)15-17-36(18-16-34)32(39)40-33(4,5)6/h7-14,24,27,30H,15-23H2,1-6H3. The van der Waals surface area contributed by atoms with E-state index in [4.69, 9.17) is 4.74 Å². The molecule has 2 aromatic rings. The van der Waals surface area contributed by atoms with Crippen LogP contribution in [0.5, 0.6) is 0 Å². The van der Waals surface area contributed by atoms with E-state index in [1.54, 1.807) is 0 Å². The highest BCUT2D eigenvalue weighted by Gasteiger charge is 2.52. The van der Waals surface area contributed by atoms with Gasteiger partial charge in [-0.05, 0) is 81.4 Å². The van der Waals surface area contributed by atoms with Crippen LogP contribution in [0.25, 0.3) is 0 Å². The molecule has 3 aliphatic rings. The highest BCUT2D eigenvalue weighted by molar-refractivity contribution is 5.80. The highest BCUT2D eigenvalue weighted by atomic mass is 16.6. The zero-order valence-electron chi connectivity index (χ0n) is 25.3. The fourth-order valence-electron chi connectivity index (χ4n) is 7.00. The molecule has 1 spiro atoms. The Bertz CT molecular complexity index is 1200. The first-order valence-electron chi connectivity index (χ1n) is 15.1. The number of piperazine rings is 1. The summed E-state index contributed by atoms with van der Waals surface area (Å²) in [5.74, 6) is 0.638. The first kappa shape index (κ1) is 28.7. The molecule has 1 atom stereocenters. The predicted molar refractivity (Wildman–Crippen MR) is 159 cm³/mol. The van der Waals surface area contributed by atoms with E-state index < -0.39 is 5.60 Å². The highest BCUT2D eigenvalue weighted by Crippen LogP contribution is 2.53. The lowest BCUT2D eigenvalue weighted by atomic mass is 9.59. The normalized spacial score (nSPS) is 22.1. The number of aryl methyl sites for hydroxylation is 1. The van der Waals surface area contributed by atoms with Crippen LogP contribution in [0.4, 0.5) is 4.79 Å². The minimum atomic E-state index is -0.475. The number of nitrogens with zero attached hydrogens (tertiary/aromatic N) is 3. The third-order valence-electron chi connectivity index (χ3n) is 9.12. The third kappa shape index (κ3) is 6.22. The maximum absolute atomic E-state index is 13.9. The molecule has 6 nitrogen and oxygen atoms in total. The van der Waals surface area contributed by atoms with E-state index in [1.807, 2.05) is 25.7 Å². The fraction of sp³-hybridized carbons (Fsp3) is 0.588. The van der Waals surface area contributed by atoms with Crippen molar-refractivity contribution in [2.45, 2.75) is 97.4 Å². The van der Waals surface area contributed by atoms with Crippen LogP contribution in [0.15, 0.2) is 48.5 Å². The van der Waals surface area contributed by atoms with E-state index >= 15 is 0 Å². The molecule has 2 heterocycles. The molecule has 0 bridgehead atoms. The van der Waals surface area contributed by atoms with E-state index in [0.29, 0.717) is 12.5 Å². The summed E-state index contributed by atoms with van der Waals surface area (Å²) in [5, 5.41) is 0. The zero-order chi connectivity index (χ0) is 28.7. The van der Waals surface area contributed by atoms with Crippen LogP contribution < -0.4 is 0 Å². The number of amides is 2. The van der Waals surface area contributed by atoms with Crippen molar-refractivity contribution in [2.75, 3.05) is 26.2 Å². The Morgan fingerprint density at radius 1 is 1.02 bits per heavy atom. The van der Waals surface area contributed by atoms with Gasteiger partial charge in [0.25, 0.3) is 0 Å². The second-order valence-electron chi connectivity index (χ2n) is 13.8. The summed E-state index contributed by atoms with van der Waals surface area (Å²) in [6.07, 6.45) is 3.82. The van der Waals surface area contributed by atoms with Crippen molar-refractivity contribution in [3.63, 3.8) is 0 Å². The number of benzene rings is 2. The van der Waals surface area contributed by atoms with E-state index in [-0.39, 0.29) is 29.5 Å². The van der Waals surface area contributed by atoms with Gasteiger partial charge in [-0.2, -0.15) is 0 Å². The summed E-state index contributed by atoms with van der Waals surface area (Å²) in [7, 11) is 0. The van der Waals surface area contributed by atoms with Gasteiger partial charge in [0.1, 0.15) is 5.60 Å². The van der Waals surface area contributed by atoms with Crippen LogP contribution in [0.2, 0.25) is 0 Å². The zero-order valence-corrected chi connectivity index (χ0v) is 25.3. The molecule has 5 rings (SSSR count). The minimum absolute atomic E-state index is 0.0505. The summed E-state index contributed by atoms with van der Waals surface area (Å²) in [5.41, 5.74) is 4.88. The van der Waals surface area contributed by atoms with Gasteiger partial charge in [0.2, 0.25) is 5.91 Å². The van der Waals surface area contributed by atoms with Crippen molar-refractivity contribution in [1.29, 1.82) is 0 Å². The van der Waals surface area contributed by atoms with Gasteiger partial charge in [-0.3, -0.25) is 9.69 Å². The second-order valence-corrected chi connectivity index (χ2v) is 13.8. The van der Waals surface area contributed by atoms with Crippen molar-refractivity contribution in [2.24, 2.45) is 5.41 Å². The molecular weight excluding hydrogens is 498 g/mol. The number of ether oxygens (including phenoxy) is 1. The molecule has 0 N–H and O–H groups in total. The topological polar surface area (TPSA) is 53.1 Å². The Labute approximate surface area is 240 Å². The number of rotatable bonds is 5. The second kappa shape index (κ2) is 11.2. The Hall–Kier alpha value is -2.86. The molecule has 1 unspecified atom stereocenters. The summed E-state index contributed by atoms with van der Waals surface area (Å²) in [6, 6.07) is 17.7. The van der Waals surface area contributed by atoms with Crippen molar-refractivity contribution in [1.82, 2.24) is 14.7 Å². The number of hydrogen-bond acceptors (Lipinski definition) is 4. The van der Waals surface area contributed by atoms with Crippen LogP contribution in [-0.2, 0) is 16.1 Å². The van der Waals surface area contributed by atoms with Crippen molar-refractivity contribution < 1.29 is 14.3 Å². The van der Waals surface area contributed by atoms with Crippen LogP contribution in [0, 0.1) is 12.3 Å². The number of carbonyl (C=O) groups excluding carboxylic acids is 2. The third-order valence-corrected chi connectivity index (χ3v) is 9.12. The summed E-state index contributed by atoms with van der Waals surface area (Å²) >= 11 is 0. The maximum Gasteiger partial charge on any atom is 0.410 e. The molecule has 0 radical (unpaired) electrons. The molecule has 0 aromatic heterocycles. The molecule has 2 aromatic carbocycles. The van der Waals surface area contributed by atoms with Crippen LogP contribution in [0.3, 0.4) is 0 Å². The molecule has 2 aliphatic heterocycles. The molecular formula is C34H47N3O3. The summed E-state index contributed by atoms with van der Waals surface area (Å²) in [6.45, 7) is 15.9. The SMILES string of the molecule is Cc1ccc(CN2CC(=O)N(C3CC4(CCN(C(=O)OC(C)(C)C)CC4)C3)C(c3ccccc3C(C)C)C2)cc1. The fourth-order valence-corrected chi connectivity index (χ4v) is 7.00. The Balaban J connectivity index is 1.31. The van der Waals surface area contributed by atoms with Crippen molar-refractivity contribution in [3.8, 4) is 0 Å². The lowest BCUT2D eigenvalue weighted by Gasteiger charge is -2.58. The number of piperidine rings is 1. The Morgan fingerprint density at radius 2 is 1.68 bits per heavy atom. The monoisotopic (exact) mass is 545 g/mol. The van der Waals surface area contributed by atoms with Gasteiger partial charge >= 0.3 is 6.09 Å². The largest absolute Gasteiger partial charge is 0.444 e. The van der Waals surface area contributed by atoms with Gasteiger partial charge in [-0.1, -0.05) is 67.9 Å². The van der Waals surface area contributed by atoms with Gasteiger partial charge in [0.15, 0.2) is 0 Å². The van der Waals surface area contributed by atoms with E-state index in [1.165, 1.54) is 22.3 Å². The Kier molecular flexibility index (Phi) is 8.02. The average Bonchev–Trinajstić information content (AvgIpc) is 2.87. The lowest BCUT2D eigenvalue weighted by Crippen LogP contribution is -2.62. The molecule has 1 aliphatic carbocycles. The first-order valence-corrected chi connectivity index (χ1v) is 15.1. The number of hydrogen-bond donors (Lipinski definition) is 0. The van der Waals surface area contributed by atoms with Crippen molar-refractivity contribution in [3.05, 3.63) is 70.8 Å².